The van der Waals surface area contributed by atoms with Crippen molar-refractivity contribution in [3.63, 3.8) is 0 Å². The highest BCUT2D eigenvalue weighted by molar-refractivity contribution is 5.20. The average Bonchev–Trinajstić information content (AvgIpc) is 2.78. The number of furan rings is 1. The quantitative estimate of drug-likeness (QED) is 0.860. The molecule has 114 valence electrons. The zero-order valence-corrected chi connectivity index (χ0v) is 13.5. The van der Waals surface area contributed by atoms with Gasteiger partial charge in [0.15, 0.2) is 0 Å². The molecule has 0 unspecified atom stereocenters. The predicted octanol–water partition coefficient (Wildman–Crippen LogP) is 3.71. The number of likely N-dealkylation sites (tertiary alicyclic amines) is 1. The zero-order chi connectivity index (χ0) is 14.5. The molecule has 3 heteroatoms. The number of hydrogen-bond acceptors (Lipinski definition) is 3. The van der Waals surface area contributed by atoms with Gasteiger partial charge in [-0.25, -0.2) is 0 Å². The van der Waals surface area contributed by atoms with E-state index < -0.39 is 0 Å². The van der Waals surface area contributed by atoms with E-state index in [9.17, 15) is 0 Å². The molecule has 0 atom stereocenters. The van der Waals surface area contributed by atoms with Crippen LogP contribution in [0.1, 0.15) is 57.1 Å². The van der Waals surface area contributed by atoms with Crippen LogP contribution in [-0.2, 0) is 13.1 Å². The SMILES string of the molecule is CCC1CCN(Cc2cc(CNC(C)C)oc2C)CC1. The van der Waals surface area contributed by atoms with Crippen LogP contribution in [0.4, 0.5) is 0 Å². The summed E-state index contributed by atoms with van der Waals surface area (Å²) in [6.45, 7) is 13.1. The molecule has 1 saturated heterocycles. The summed E-state index contributed by atoms with van der Waals surface area (Å²) in [5.41, 5.74) is 1.36. The lowest BCUT2D eigenvalue weighted by Gasteiger charge is -2.31. The van der Waals surface area contributed by atoms with Crippen LogP contribution in [0.5, 0.6) is 0 Å². The number of nitrogens with zero attached hydrogens (tertiary/aromatic N) is 1. The third kappa shape index (κ3) is 4.35. The lowest BCUT2D eigenvalue weighted by atomic mass is 9.94. The first-order valence-electron chi connectivity index (χ1n) is 8.12. The van der Waals surface area contributed by atoms with Gasteiger partial charge in [-0.3, -0.25) is 4.90 Å². The van der Waals surface area contributed by atoms with Crippen LogP contribution in [0, 0.1) is 12.8 Å². The molecule has 0 aliphatic carbocycles. The summed E-state index contributed by atoms with van der Waals surface area (Å²) in [5, 5.41) is 3.41. The third-order valence-electron chi connectivity index (χ3n) is 4.43. The summed E-state index contributed by atoms with van der Waals surface area (Å²) < 4.78 is 5.86. The molecule has 0 saturated carbocycles. The van der Waals surface area contributed by atoms with Crippen molar-refractivity contribution in [3.05, 3.63) is 23.2 Å². The van der Waals surface area contributed by atoms with Gasteiger partial charge >= 0.3 is 0 Å². The van der Waals surface area contributed by atoms with Crippen LogP contribution < -0.4 is 5.32 Å². The molecule has 1 aliphatic rings. The topological polar surface area (TPSA) is 28.4 Å². The van der Waals surface area contributed by atoms with Gasteiger partial charge in [-0.05, 0) is 44.8 Å². The molecule has 1 fully saturated rings. The number of hydrogen-bond donors (Lipinski definition) is 1. The van der Waals surface area contributed by atoms with Gasteiger partial charge in [0, 0.05) is 18.2 Å². The van der Waals surface area contributed by atoms with Crippen molar-refractivity contribution in [1.29, 1.82) is 0 Å². The van der Waals surface area contributed by atoms with Gasteiger partial charge in [0.05, 0.1) is 6.54 Å². The molecule has 20 heavy (non-hydrogen) atoms. The Labute approximate surface area is 123 Å². The van der Waals surface area contributed by atoms with E-state index in [1.165, 1.54) is 37.9 Å². The molecule has 1 aromatic rings. The maximum atomic E-state index is 5.86. The highest BCUT2D eigenvalue weighted by Gasteiger charge is 2.19. The van der Waals surface area contributed by atoms with Crippen LogP contribution in [0.25, 0.3) is 0 Å². The Hall–Kier alpha value is -0.800. The van der Waals surface area contributed by atoms with Crippen molar-refractivity contribution in [2.75, 3.05) is 13.1 Å². The van der Waals surface area contributed by atoms with Gasteiger partial charge in [0.2, 0.25) is 0 Å². The molecular weight excluding hydrogens is 248 g/mol. The fraction of sp³-hybridized carbons (Fsp3) is 0.765. The summed E-state index contributed by atoms with van der Waals surface area (Å²) in [7, 11) is 0. The maximum absolute atomic E-state index is 5.86. The van der Waals surface area contributed by atoms with E-state index in [1.54, 1.807) is 0 Å². The average molecular weight is 278 g/mol. The summed E-state index contributed by atoms with van der Waals surface area (Å²) in [6.07, 6.45) is 4.05. The summed E-state index contributed by atoms with van der Waals surface area (Å²) in [4.78, 5) is 2.57. The van der Waals surface area contributed by atoms with Crippen molar-refractivity contribution in [3.8, 4) is 0 Å². The first kappa shape index (κ1) is 15.6. The zero-order valence-electron chi connectivity index (χ0n) is 13.5. The van der Waals surface area contributed by atoms with Crippen molar-refractivity contribution < 1.29 is 4.42 Å². The largest absolute Gasteiger partial charge is 0.465 e. The summed E-state index contributed by atoms with van der Waals surface area (Å²) in [5.74, 6) is 3.10. The molecule has 2 rings (SSSR count). The minimum Gasteiger partial charge on any atom is -0.465 e. The second-order valence-electron chi connectivity index (χ2n) is 6.46. The second-order valence-corrected chi connectivity index (χ2v) is 6.46. The summed E-state index contributed by atoms with van der Waals surface area (Å²) in [6, 6.07) is 2.73. The molecule has 1 aliphatic heterocycles. The van der Waals surface area contributed by atoms with Crippen LogP contribution in [0.2, 0.25) is 0 Å². The Balaban J connectivity index is 1.86. The normalized spacial score (nSPS) is 18.1. The Morgan fingerprint density at radius 2 is 2.05 bits per heavy atom. The lowest BCUT2D eigenvalue weighted by Crippen LogP contribution is -2.33. The molecular formula is C17H30N2O. The van der Waals surface area contributed by atoms with Crippen molar-refractivity contribution in [2.45, 2.75) is 66.1 Å². The number of nitrogens with one attached hydrogen (secondary N) is 1. The smallest absolute Gasteiger partial charge is 0.118 e. The Morgan fingerprint density at radius 3 is 2.65 bits per heavy atom. The van der Waals surface area contributed by atoms with Gasteiger partial charge in [0.25, 0.3) is 0 Å². The molecule has 1 N–H and O–H groups in total. The minimum atomic E-state index is 0.497. The molecule has 2 heterocycles. The number of piperidine rings is 1. The van der Waals surface area contributed by atoms with Gasteiger partial charge in [-0.2, -0.15) is 0 Å². The summed E-state index contributed by atoms with van der Waals surface area (Å²) >= 11 is 0. The monoisotopic (exact) mass is 278 g/mol. The van der Waals surface area contributed by atoms with E-state index in [2.05, 4.69) is 44.0 Å². The molecule has 1 aromatic heterocycles. The van der Waals surface area contributed by atoms with Gasteiger partial charge in [-0.1, -0.05) is 27.2 Å². The molecule has 0 amide bonds. The Bertz CT molecular complexity index is 403. The first-order valence-corrected chi connectivity index (χ1v) is 8.12. The van der Waals surface area contributed by atoms with Crippen molar-refractivity contribution in [1.82, 2.24) is 10.2 Å². The fourth-order valence-corrected chi connectivity index (χ4v) is 2.93. The predicted molar refractivity (Wildman–Crippen MR) is 83.7 cm³/mol. The van der Waals surface area contributed by atoms with Crippen molar-refractivity contribution >= 4 is 0 Å². The third-order valence-corrected chi connectivity index (χ3v) is 4.43. The van der Waals surface area contributed by atoms with E-state index >= 15 is 0 Å². The van der Waals surface area contributed by atoms with Gasteiger partial charge < -0.3 is 9.73 Å². The number of rotatable bonds is 6. The maximum Gasteiger partial charge on any atom is 0.118 e. The van der Waals surface area contributed by atoms with E-state index in [0.717, 1.165) is 30.5 Å². The van der Waals surface area contributed by atoms with Gasteiger partial charge in [-0.15, -0.1) is 0 Å². The van der Waals surface area contributed by atoms with Crippen LogP contribution in [-0.4, -0.2) is 24.0 Å². The highest BCUT2D eigenvalue weighted by Crippen LogP contribution is 2.23. The fourth-order valence-electron chi connectivity index (χ4n) is 2.93. The molecule has 0 spiro atoms. The Morgan fingerprint density at radius 1 is 1.35 bits per heavy atom. The van der Waals surface area contributed by atoms with Crippen LogP contribution in [0.15, 0.2) is 10.5 Å². The second kappa shape index (κ2) is 7.28. The molecule has 0 aromatic carbocycles. The molecule has 3 nitrogen and oxygen atoms in total. The van der Waals surface area contributed by atoms with Crippen molar-refractivity contribution in [2.24, 2.45) is 5.92 Å². The standard InChI is InChI=1S/C17H30N2O/c1-5-15-6-8-19(9-7-15)12-16-10-17(20-14(16)4)11-18-13(2)3/h10,13,15,18H,5-9,11-12H2,1-4H3. The molecule has 0 bridgehead atoms. The van der Waals surface area contributed by atoms with Gasteiger partial charge in [0.1, 0.15) is 11.5 Å². The van der Waals surface area contributed by atoms with E-state index in [0.29, 0.717) is 6.04 Å². The van der Waals surface area contributed by atoms with E-state index in [4.69, 9.17) is 4.42 Å². The Kier molecular flexibility index (Phi) is 5.67. The van der Waals surface area contributed by atoms with Crippen LogP contribution >= 0.6 is 0 Å². The number of aryl methyl sites for hydroxylation is 1. The highest BCUT2D eigenvalue weighted by atomic mass is 16.3. The lowest BCUT2D eigenvalue weighted by molar-refractivity contribution is 0.174. The van der Waals surface area contributed by atoms with E-state index in [-0.39, 0.29) is 0 Å². The minimum absolute atomic E-state index is 0.497. The van der Waals surface area contributed by atoms with E-state index in [1.807, 2.05) is 0 Å². The first-order chi connectivity index (χ1) is 9.58. The van der Waals surface area contributed by atoms with Crippen LogP contribution in [0.3, 0.4) is 0 Å². The molecule has 0 radical (unpaired) electrons.